The monoisotopic (exact) mass is 277 g/mol. The molecule has 2 N–H and O–H groups in total. The van der Waals surface area contributed by atoms with E-state index in [4.69, 9.17) is 0 Å². The van der Waals surface area contributed by atoms with Crippen LogP contribution in [0, 0.1) is 0 Å². The van der Waals surface area contributed by atoms with Crippen molar-refractivity contribution in [1.82, 2.24) is 5.32 Å². The van der Waals surface area contributed by atoms with Crippen molar-refractivity contribution in [2.75, 3.05) is 6.61 Å². The van der Waals surface area contributed by atoms with Gasteiger partial charge in [0.25, 0.3) is 0 Å². The molecule has 0 fully saturated rings. The van der Waals surface area contributed by atoms with E-state index in [-0.39, 0.29) is 12.1 Å². The highest BCUT2D eigenvalue weighted by molar-refractivity contribution is 9.11. The van der Waals surface area contributed by atoms with Gasteiger partial charge in [-0.3, -0.25) is 0 Å². The molecule has 0 saturated heterocycles. The molecule has 14 heavy (non-hydrogen) atoms. The molecule has 0 aliphatic rings. The molecule has 80 valence electrons. The summed E-state index contributed by atoms with van der Waals surface area (Å²) in [6, 6.07) is 2.10. The second-order valence-electron chi connectivity index (χ2n) is 3.68. The number of aliphatic hydroxyl groups is 1. The standard InChI is InChI=1S/C10H16BrNOS/c1-3-10(2,7-13)12-5-8-4-9(11)14-6-8/h4,6,12-13H,3,5,7H2,1-2H3. The first-order valence-corrected chi connectivity index (χ1v) is 6.36. The van der Waals surface area contributed by atoms with Crippen LogP contribution in [0.2, 0.25) is 0 Å². The van der Waals surface area contributed by atoms with Gasteiger partial charge in [-0.25, -0.2) is 0 Å². The third-order valence-corrected chi connectivity index (χ3v) is 4.02. The highest BCUT2D eigenvalue weighted by Crippen LogP contribution is 2.21. The molecule has 1 rings (SSSR count). The van der Waals surface area contributed by atoms with Crippen LogP contribution >= 0.6 is 27.3 Å². The summed E-state index contributed by atoms with van der Waals surface area (Å²) < 4.78 is 1.15. The summed E-state index contributed by atoms with van der Waals surface area (Å²) in [6.07, 6.45) is 0.925. The van der Waals surface area contributed by atoms with Crippen LogP contribution in [0.3, 0.4) is 0 Å². The first kappa shape index (κ1) is 12.2. The molecule has 1 heterocycles. The van der Waals surface area contributed by atoms with Crippen LogP contribution in [0.25, 0.3) is 0 Å². The fraction of sp³-hybridized carbons (Fsp3) is 0.600. The lowest BCUT2D eigenvalue weighted by Gasteiger charge is -2.27. The van der Waals surface area contributed by atoms with Gasteiger partial charge in [0.1, 0.15) is 0 Å². The Labute approximate surface area is 97.5 Å². The fourth-order valence-electron chi connectivity index (χ4n) is 1.05. The molecule has 0 bridgehead atoms. The maximum absolute atomic E-state index is 9.20. The van der Waals surface area contributed by atoms with Gasteiger partial charge >= 0.3 is 0 Å². The molecule has 0 saturated carbocycles. The van der Waals surface area contributed by atoms with Gasteiger partial charge in [0.2, 0.25) is 0 Å². The van der Waals surface area contributed by atoms with Crippen molar-refractivity contribution in [2.45, 2.75) is 32.4 Å². The Kier molecular flexibility index (Phi) is 4.57. The highest BCUT2D eigenvalue weighted by Gasteiger charge is 2.19. The van der Waals surface area contributed by atoms with Crippen molar-refractivity contribution < 1.29 is 5.11 Å². The second-order valence-corrected chi connectivity index (χ2v) is 5.98. The van der Waals surface area contributed by atoms with Crippen molar-refractivity contribution in [1.29, 1.82) is 0 Å². The Balaban J connectivity index is 2.47. The fourth-order valence-corrected chi connectivity index (χ4v) is 2.26. The van der Waals surface area contributed by atoms with Gasteiger partial charge in [0, 0.05) is 12.1 Å². The lowest BCUT2D eigenvalue weighted by atomic mass is 10.0. The van der Waals surface area contributed by atoms with E-state index in [9.17, 15) is 5.11 Å². The van der Waals surface area contributed by atoms with E-state index < -0.39 is 0 Å². The molecule has 0 aromatic carbocycles. The summed E-state index contributed by atoms with van der Waals surface area (Å²) in [4.78, 5) is 0. The van der Waals surface area contributed by atoms with Gasteiger partial charge in [0.15, 0.2) is 0 Å². The summed E-state index contributed by atoms with van der Waals surface area (Å²) in [6.45, 7) is 5.10. The number of nitrogens with one attached hydrogen (secondary N) is 1. The van der Waals surface area contributed by atoms with Crippen molar-refractivity contribution in [2.24, 2.45) is 0 Å². The molecule has 1 unspecified atom stereocenters. The van der Waals surface area contributed by atoms with Crippen LogP contribution in [0.5, 0.6) is 0 Å². The van der Waals surface area contributed by atoms with Crippen molar-refractivity contribution in [3.8, 4) is 0 Å². The zero-order valence-corrected chi connectivity index (χ0v) is 10.9. The minimum atomic E-state index is -0.158. The van der Waals surface area contributed by atoms with E-state index in [2.05, 4.69) is 39.6 Å². The van der Waals surface area contributed by atoms with Crippen LogP contribution in [0.1, 0.15) is 25.8 Å². The Morgan fingerprint density at radius 2 is 2.36 bits per heavy atom. The van der Waals surface area contributed by atoms with Gasteiger partial charge in [-0.1, -0.05) is 6.92 Å². The SMILES string of the molecule is CCC(C)(CO)NCc1csc(Br)c1. The molecular formula is C10H16BrNOS. The van der Waals surface area contributed by atoms with Crippen LogP contribution in [0.4, 0.5) is 0 Å². The summed E-state index contributed by atoms with van der Waals surface area (Å²) in [7, 11) is 0. The smallest absolute Gasteiger partial charge is 0.0701 e. The maximum atomic E-state index is 9.20. The van der Waals surface area contributed by atoms with Gasteiger partial charge in [-0.2, -0.15) is 0 Å². The Bertz CT molecular complexity index is 283. The summed E-state index contributed by atoms with van der Waals surface area (Å²) in [5.41, 5.74) is 1.10. The average Bonchev–Trinajstić information content (AvgIpc) is 2.61. The normalized spacial score (nSPS) is 15.4. The summed E-state index contributed by atoms with van der Waals surface area (Å²) in [5.74, 6) is 0. The molecule has 0 aliphatic heterocycles. The van der Waals surface area contributed by atoms with E-state index in [0.29, 0.717) is 0 Å². The second kappa shape index (κ2) is 5.26. The minimum Gasteiger partial charge on any atom is -0.394 e. The van der Waals surface area contributed by atoms with E-state index in [1.807, 2.05) is 6.92 Å². The third-order valence-electron chi connectivity index (χ3n) is 2.47. The van der Waals surface area contributed by atoms with Gasteiger partial charge in [-0.05, 0) is 46.3 Å². The number of hydrogen-bond donors (Lipinski definition) is 2. The number of hydrogen-bond acceptors (Lipinski definition) is 3. The first-order chi connectivity index (χ1) is 6.59. The molecule has 1 aromatic heterocycles. The Morgan fingerprint density at radius 3 is 2.79 bits per heavy atom. The van der Waals surface area contributed by atoms with E-state index in [1.54, 1.807) is 11.3 Å². The maximum Gasteiger partial charge on any atom is 0.0701 e. The Hall–Kier alpha value is 0.100. The molecule has 0 amide bonds. The lowest BCUT2D eigenvalue weighted by Crippen LogP contribution is -2.44. The largest absolute Gasteiger partial charge is 0.394 e. The molecule has 1 atom stereocenters. The number of halogens is 1. The van der Waals surface area contributed by atoms with Crippen LogP contribution in [-0.2, 0) is 6.54 Å². The third kappa shape index (κ3) is 3.35. The molecule has 0 aliphatic carbocycles. The van der Waals surface area contributed by atoms with Crippen molar-refractivity contribution >= 4 is 27.3 Å². The van der Waals surface area contributed by atoms with Gasteiger partial charge < -0.3 is 10.4 Å². The number of rotatable bonds is 5. The molecule has 0 radical (unpaired) electrons. The summed E-state index contributed by atoms with van der Waals surface area (Å²) in [5, 5.41) is 14.7. The number of aliphatic hydroxyl groups excluding tert-OH is 1. The summed E-state index contributed by atoms with van der Waals surface area (Å²) >= 11 is 5.11. The van der Waals surface area contributed by atoms with Gasteiger partial charge in [-0.15, -0.1) is 11.3 Å². The molecule has 4 heteroatoms. The molecule has 0 spiro atoms. The average molecular weight is 278 g/mol. The minimum absolute atomic E-state index is 0.158. The molecular weight excluding hydrogens is 262 g/mol. The van der Waals surface area contributed by atoms with Crippen LogP contribution in [-0.4, -0.2) is 17.3 Å². The topological polar surface area (TPSA) is 32.3 Å². The highest BCUT2D eigenvalue weighted by atomic mass is 79.9. The van der Waals surface area contributed by atoms with Gasteiger partial charge in [0.05, 0.1) is 10.4 Å². The zero-order chi connectivity index (χ0) is 10.6. The van der Waals surface area contributed by atoms with E-state index in [0.717, 1.165) is 16.8 Å². The first-order valence-electron chi connectivity index (χ1n) is 4.68. The number of thiophene rings is 1. The van der Waals surface area contributed by atoms with Crippen molar-refractivity contribution in [3.05, 3.63) is 20.8 Å². The van der Waals surface area contributed by atoms with Crippen LogP contribution < -0.4 is 5.32 Å². The predicted octanol–water partition coefficient (Wildman–Crippen LogP) is 2.76. The van der Waals surface area contributed by atoms with E-state index >= 15 is 0 Å². The van der Waals surface area contributed by atoms with Crippen LogP contribution in [0.15, 0.2) is 15.2 Å². The van der Waals surface area contributed by atoms with E-state index in [1.165, 1.54) is 5.56 Å². The molecule has 1 aromatic rings. The predicted molar refractivity (Wildman–Crippen MR) is 64.6 cm³/mol. The Morgan fingerprint density at radius 1 is 1.64 bits per heavy atom. The lowest BCUT2D eigenvalue weighted by molar-refractivity contribution is 0.169. The molecule has 2 nitrogen and oxygen atoms in total. The van der Waals surface area contributed by atoms with Crippen molar-refractivity contribution in [3.63, 3.8) is 0 Å². The zero-order valence-electron chi connectivity index (χ0n) is 8.51. The quantitative estimate of drug-likeness (QED) is 0.868.